The summed E-state index contributed by atoms with van der Waals surface area (Å²) in [7, 11) is 0. The molecule has 0 aromatic heterocycles. The summed E-state index contributed by atoms with van der Waals surface area (Å²) in [5.74, 6) is -0.928. The minimum Gasteiger partial charge on any atom is -0.464 e. The monoisotopic (exact) mass is 205 g/mol. The van der Waals surface area contributed by atoms with Gasteiger partial charge in [0.25, 0.3) is 0 Å². The van der Waals surface area contributed by atoms with Gasteiger partial charge in [-0.25, -0.2) is 4.79 Å². The summed E-state index contributed by atoms with van der Waals surface area (Å²) >= 11 is 0. The average Bonchev–Trinajstić information content (AvgIpc) is 2.13. The van der Waals surface area contributed by atoms with Crippen molar-refractivity contribution >= 4 is 5.97 Å². The average molecular weight is 205 g/mol. The number of aliphatic hydroxyl groups is 1. The van der Waals surface area contributed by atoms with Gasteiger partial charge >= 0.3 is 5.97 Å². The highest BCUT2D eigenvalue weighted by Gasteiger charge is 2.35. The molecule has 0 aliphatic rings. The summed E-state index contributed by atoms with van der Waals surface area (Å²) in [6, 6.07) is -1.26. The van der Waals surface area contributed by atoms with E-state index in [9.17, 15) is 20.0 Å². The van der Waals surface area contributed by atoms with Gasteiger partial charge in [0.1, 0.15) is 0 Å². The fraction of sp³-hybridized carbons (Fsp3) is 0.875. The molecular weight excluding hydrogens is 190 g/mol. The first-order chi connectivity index (χ1) is 6.54. The summed E-state index contributed by atoms with van der Waals surface area (Å²) in [6.07, 6.45) is -0.973. The van der Waals surface area contributed by atoms with E-state index >= 15 is 0 Å². The molecule has 6 nitrogen and oxygen atoms in total. The van der Waals surface area contributed by atoms with Crippen LogP contribution in [0.5, 0.6) is 0 Å². The van der Waals surface area contributed by atoms with Crippen LogP contribution in [0.2, 0.25) is 0 Å². The van der Waals surface area contributed by atoms with Gasteiger partial charge in [-0.05, 0) is 13.3 Å². The normalized spacial score (nSPS) is 14.5. The van der Waals surface area contributed by atoms with E-state index < -0.39 is 23.0 Å². The maximum atomic E-state index is 11.0. The van der Waals surface area contributed by atoms with Gasteiger partial charge in [-0.1, -0.05) is 6.92 Å². The number of nitro groups is 1. The second-order valence-electron chi connectivity index (χ2n) is 2.84. The van der Waals surface area contributed by atoms with E-state index in [-0.39, 0.29) is 13.0 Å². The van der Waals surface area contributed by atoms with E-state index in [0.717, 1.165) is 0 Å². The minimum absolute atomic E-state index is 0.104. The number of rotatable bonds is 6. The van der Waals surface area contributed by atoms with Gasteiger partial charge in [0.2, 0.25) is 12.1 Å². The molecule has 0 fully saturated rings. The Balaban J connectivity index is 4.34. The van der Waals surface area contributed by atoms with E-state index in [1.165, 1.54) is 0 Å². The van der Waals surface area contributed by atoms with Crippen molar-refractivity contribution in [3.63, 3.8) is 0 Å². The van der Waals surface area contributed by atoms with E-state index in [2.05, 4.69) is 4.74 Å². The van der Waals surface area contributed by atoms with Crippen molar-refractivity contribution in [3.05, 3.63) is 10.1 Å². The lowest BCUT2D eigenvalue weighted by Gasteiger charge is -2.13. The maximum absolute atomic E-state index is 11.0. The summed E-state index contributed by atoms with van der Waals surface area (Å²) < 4.78 is 4.49. The fourth-order valence-electron chi connectivity index (χ4n) is 1.06. The van der Waals surface area contributed by atoms with Crippen molar-refractivity contribution in [2.45, 2.75) is 38.8 Å². The second-order valence-corrected chi connectivity index (χ2v) is 2.84. The van der Waals surface area contributed by atoms with Crippen LogP contribution in [-0.2, 0) is 9.53 Å². The predicted molar refractivity (Wildman–Crippen MR) is 48.3 cm³/mol. The molecule has 0 radical (unpaired) electrons. The van der Waals surface area contributed by atoms with Crippen LogP contribution in [0.15, 0.2) is 0 Å². The van der Waals surface area contributed by atoms with Crippen LogP contribution < -0.4 is 0 Å². The van der Waals surface area contributed by atoms with E-state index in [1.807, 2.05) is 0 Å². The number of carbonyl (C=O) groups excluding carboxylic acids is 1. The molecule has 0 aromatic rings. The molecule has 0 rings (SSSR count). The number of aliphatic hydroxyl groups excluding tert-OH is 1. The molecule has 1 N–H and O–H groups in total. The zero-order valence-electron chi connectivity index (χ0n) is 8.30. The van der Waals surface area contributed by atoms with Gasteiger partial charge in [-0.3, -0.25) is 10.1 Å². The van der Waals surface area contributed by atoms with Gasteiger partial charge < -0.3 is 9.84 Å². The lowest BCUT2D eigenvalue weighted by molar-refractivity contribution is -0.532. The van der Waals surface area contributed by atoms with Gasteiger partial charge in [-0.15, -0.1) is 0 Å². The molecule has 0 saturated heterocycles. The summed E-state index contributed by atoms with van der Waals surface area (Å²) in [6.45, 7) is 3.42. The maximum Gasteiger partial charge on any atom is 0.342 e. The topological polar surface area (TPSA) is 89.7 Å². The molecule has 0 spiro atoms. The third-order valence-electron chi connectivity index (χ3n) is 1.75. The van der Waals surface area contributed by atoms with Crippen molar-refractivity contribution < 1.29 is 19.6 Å². The highest BCUT2D eigenvalue weighted by Crippen LogP contribution is 2.08. The van der Waals surface area contributed by atoms with Gasteiger partial charge in [0.15, 0.2) is 0 Å². The van der Waals surface area contributed by atoms with Crippen LogP contribution in [0.3, 0.4) is 0 Å². The molecule has 2 atom stereocenters. The zero-order chi connectivity index (χ0) is 11.1. The fourth-order valence-corrected chi connectivity index (χ4v) is 1.06. The standard InChI is InChI=1S/C8H15NO5/c1-3-5-6(9(12)13)7(10)8(11)14-4-2/h6-7,10H,3-5H2,1-2H3. The number of hydrogen-bond acceptors (Lipinski definition) is 5. The summed E-state index contributed by atoms with van der Waals surface area (Å²) in [5.41, 5.74) is 0. The van der Waals surface area contributed by atoms with Crippen molar-refractivity contribution in [3.8, 4) is 0 Å². The lowest BCUT2D eigenvalue weighted by Crippen LogP contribution is -2.40. The Morgan fingerprint density at radius 1 is 1.57 bits per heavy atom. The van der Waals surface area contributed by atoms with Gasteiger partial charge in [0, 0.05) is 11.3 Å². The molecule has 0 heterocycles. The Morgan fingerprint density at radius 3 is 2.50 bits per heavy atom. The molecule has 0 aliphatic carbocycles. The number of carbonyl (C=O) groups is 1. The quantitative estimate of drug-likeness (QED) is 0.384. The summed E-state index contributed by atoms with van der Waals surface area (Å²) in [4.78, 5) is 20.8. The summed E-state index contributed by atoms with van der Waals surface area (Å²) in [5, 5.41) is 19.8. The molecule has 0 saturated carbocycles. The third kappa shape index (κ3) is 3.69. The van der Waals surface area contributed by atoms with Gasteiger partial charge in [0.05, 0.1) is 6.61 Å². The Bertz CT molecular complexity index is 206. The van der Waals surface area contributed by atoms with E-state index in [4.69, 9.17) is 0 Å². The lowest BCUT2D eigenvalue weighted by atomic mass is 10.1. The van der Waals surface area contributed by atoms with Crippen molar-refractivity contribution in [2.75, 3.05) is 6.61 Å². The smallest absolute Gasteiger partial charge is 0.342 e. The van der Waals surface area contributed by atoms with Crippen LogP contribution in [0.4, 0.5) is 0 Å². The highest BCUT2D eigenvalue weighted by atomic mass is 16.6. The van der Waals surface area contributed by atoms with Gasteiger partial charge in [-0.2, -0.15) is 0 Å². The predicted octanol–water partition coefficient (Wildman–Crippen LogP) is 0.356. The number of hydrogen-bond donors (Lipinski definition) is 1. The first-order valence-electron chi connectivity index (χ1n) is 4.52. The SMILES string of the molecule is CCCC(C(O)C(=O)OCC)[N+](=O)[O-]. The van der Waals surface area contributed by atoms with Crippen molar-refractivity contribution in [2.24, 2.45) is 0 Å². The Kier molecular flexibility index (Phi) is 5.78. The third-order valence-corrected chi connectivity index (χ3v) is 1.75. The Hall–Kier alpha value is -1.17. The number of ether oxygens (including phenoxy) is 1. The molecule has 0 amide bonds. The van der Waals surface area contributed by atoms with Crippen LogP contribution in [0.25, 0.3) is 0 Å². The minimum atomic E-state index is -1.66. The molecular formula is C8H15NO5. The number of nitrogens with zero attached hydrogens (tertiary/aromatic N) is 1. The Morgan fingerprint density at radius 2 is 2.14 bits per heavy atom. The molecule has 0 aliphatic heterocycles. The van der Waals surface area contributed by atoms with Crippen molar-refractivity contribution in [1.29, 1.82) is 0 Å². The molecule has 2 unspecified atom stereocenters. The van der Waals surface area contributed by atoms with Crippen LogP contribution in [0, 0.1) is 10.1 Å². The van der Waals surface area contributed by atoms with E-state index in [0.29, 0.717) is 6.42 Å². The molecule has 0 aromatic carbocycles. The highest BCUT2D eigenvalue weighted by molar-refractivity contribution is 5.75. The van der Waals surface area contributed by atoms with Crippen LogP contribution in [0.1, 0.15) is 26.7 Å². The van der Waals surface area contributed by atoms with Crippen LogP contribution >= 0.6 is 0 Å². The van der Waals surface area contributed by atoms with Crippen LogP contribution in [-0.4, -0.2) is 34.8 Å². The van der Waals surface area contributed by atoms with E-state index in [1.54, 1.807) is 13.8 Å². The first-order valence-corrected chi connectivity index (χ1v) is 4.52. The Labute approximate surface area is 82.0 Å². The second kappa shape index (κ2) is 6.31. The molecule has 0 bridgehead atoms. The molecule has 6 heteroatoms. The first kappa shape index (κ1) is 12.8. The molecule has 82 valence electrons. The zero-order valence-corrected chi connectivity index (χ0v) is 8.30. The van der Waals surface area contributed by atoms with Crippen molar-refractivity contribution in [1.82, 2.24) is 0 Å². The largest absolute Gasteiger partial charge is 0.464 e. The number of esters is 1. The molecule has 14 heavy (non-hydrogen) atoms.